The number of unbranched alkanes of at least 4 members (excludes halogenated alkanes) is 2. The Morgan fingerprint density at radius 2 is 1.67 bits per heavy atom. The zero-order chi connectivity index (χ0) is 30.7. The summed E-state index contributed by atoms with van der Waals surface area (Å²) >= 11 is 0. The van der Waals surface area contributed by atoms with Crippen LogP contribution < -0.4 is 10.0 Å². The van der Waals surface area contributed by atoms with E-state index in [-0.39, 0.29) is 28.3 Å². The van der Waals surface area contributed by atoms with Crippen LogP contribution in [-0.4, -0.2) is 43.4 Å². The third-order valence-electron chi connectivity index (χ3n) is 10.5. The molecule has 2 bridgehead atoms. The van der Waals surface area contributed by atoms with E-state index >= 15 is 0 Å². The number of amides is 1. The predicted octanol–water partition coefficient (Wildman–Crippen LogP) is 6.54. The van der Waals surface area contributed by atoms with Crippen LogP contribution in [-0.2, 0) is 26.0 Å². The van der Waals surface area contributed by atoms with Gasteiger partial charge < -0.3 is 15.1 Å². The second-order valence-corrected chi connectivity index (χ2v) is 15.2. The fraction of sp³-hybridized carbons (Fsp3) is 0.543. The van der Waals surface area contributed by atoms with E-state index in [0.29, 0.717) is 38.1 Å². The lowest BCUT2D eigenvalue weighted by molar-refractivity contribution is -0.123. The molecule has 2 fully saturated rings. The molecule has 2 aromatic carbocycles. The molecule has 0 saturated heterocycles. The number of carbonyl (C=O) groups excluding carboxylic acids is 2. The van der Waals surface area contributed by atoms with Crippen molar-refractivity contribution in [2.24, 2.45) is 16.7 Å². The Labute approximate surface area is 256 Å². The Morgan fingerprint density at radius 1 is 0.977 bits per heavy atom. The molecule has 8 heteroatoms. The van der Waals surface area contributed by atoms with Crippen LogP contribution in [0.5, 0.6) is 0 Å². The summed E-state index contributed by atoms with van der Waals surface area (Å²) in [6.45, 7) is 6.42. The van der Waals surface area contributed by atoms with Gasteiger partial charge in [0, 0.05) is 29.6 Å². The highest BCUT2D eigenvalue weighted by molar-refractivity contribution is 7.89. The molecule has 1 amide bonds. The largest absolute Gasteiger partial charge is 0.354 e. The van der Waals surface area contributed by atoms with E-state index < -0.39 is 16.1 Å². The third-order valence-corrected chi connectivity index (χ3v) is 12.1. The van der Waals surface area contributed by atoms with Gasteiger partial charge in [-0.05, 0) is 85.8 Å². The summed E-state index contributed by atoms with van der Waals surface area (Å²) in [4.78, 5) is 28.5. The molecule has 3 N–H and O–H groups in total. The molecular weight excluding hydrogens is 558 g/mol. The van der Waals surface area contributed by atoms with Crippen LogP contribution in [0.3, 0.4) is 0 Å². The lowest BCUT2D eigenvalue weighted by atomic mass is 9.71. The summed E-state index contributed by atoms with van der Waals surface area (Å²) in [5, 5.41) is 4.17. The van der Waals surface area contributed by atoms with Gasteiger partial charge >= 0.3 is 0 Å². The first kappa shape index (κ1) is 31.5. The van der Waals surface area contributed by atoms with Gasteiger partial charge in [-0.25, -0.2) is 13.1 Å². The minimum absolute atomic E-state index is 0.0119. The van der Waals surface area contributed by atoms with Gasteiger partial charge in [-0.3, -0.25) is 4.79 Å². The molecule has 0 radical (unpaired) electrons. The van der Waals surface area contributed by atoms with Gasteiger partial charge in [0.15, 0.2) is 0 Å². The summed E-state index contributed by atoms with van der Waals surface area (Å²) in [6.07, 6.45) is 7.76. The van der Waals surface area contributed by atoms with Crippen LogP contribution in [0.15, 0.2) is 54.6 Å². The average Bonchev–Trinajstić information content (AvgIpc) is 3.54. The van der Waals surface area contributed by atoms with Crippen molar-refractivity contribution in [2.75, 3.05) is 12.3 Å². The molecule has 2 saturated carbocycles. The van der Waals surface area contributed by atoms with Gasteiger partial charge in [-0.2, -0.15) is 0 Å². The lowest BCUT2D eigenvalue weighted by Crippen LogP contribution is -2.50. The Balaban J connectivity index is 1.27. The molecule has 1 atom stereocenters. The Morgan fingerprint density at radius 3 is 2.35 bits per heavy atom. The number of nitrogens with one attached hydrogen (secondary N) is 3. The average molecular weight is 606 g/mol. The second kappa shape index (κ2) is 12.9. The number of aromatic nitrogens is 1. The van der Waals surface area contributed by atoms with Crippen LogP contribution in [0.1, 0.15) is 84.1 Å². The van der Waals surface area contributed by atoms with E-state index in [2.05, 4.69) is 53.1 Å². The molecule has 43 heavy (non-hydrogen) atoms. The van der Waals surface area contributed by atoms with Gasteiger partial charge in [0.25, 0.3) is 0 Å². The zero-order valence-electron chi connectivity index (χ0n) is 25.9. The number of hydrogen-bond donors (Lipinski definition) is 3. The molecule has 232 valence electrons. The lowest BCUT2D eigenvalue weighted by Gasteiger charge is -2.38. The van der Waals surface area contributed by atoms with E-state index in [1.54, 1.807) is 6.92 Å². The van der Waals surface area contributed by atoms with Crippen molar-refractivity contribution >= 4 is 32.6 Å². The SMILES string of the molecule is CC(=O)CCCCC[C@H](NS(=O)(=O)CC12CCC(CC1)C2(C)C)C(=O)NCCc1c(-c2ccccc2)[nH]c2ccccc12. The number of benzene rings is 2. The molecule has 0 spiro atoms. The maximum atomic E-state index is 13.6. The van der Waals surface area contributed by atoms with E-state index in [1.165, 1.54) is 0 Å². The van der Waals surface area contributed by atoms with E-state index in [0.717, 1.165) is 66.2 Å². The highest BCUT2D eigenvalue weighted by atomic mass is 32.2. The molecular formula is C35H47N3O4S. The molecule has 0 unspecified atom stereocenters. The van der Waals surface area contributed by atoms with Crippen molar-refractivity contribution in [2.45, 2.75) is 91.0 Å². The molecule has 7 nitrogen and oxygen atoms in total. The number of H-pyrrole nitrogens is 1. The number of aromatic amines is 1. The van der Waals surface area contributed by atoms with Gasteiger partial charge in [0.1, 0.15) is 11.8 Å². The van der Waals surface area contributed by atoms with Crippen LogP contribution in [0.4, 0.5) is 0 Å². The van der Waals surface area contributed by atoms with Crippen molar-refractivity contribution in [1.29, 1.82) is 0 Å². The topological polar surface area (TPSA) is 108 Å². The predicted molar refractivity (Wildman–Crippen MR) is 173 cm³/mol. The summed E-state index contributed by atoms with van der Waals surface area (Å²) < 4.78 is 30.1. The van der Waals surface area contributed by atoms with Crippen LogP contribution >= 0.6 is 0 Å². The first-order valence-corrected chi connectivity index (χ1v) is 17.6. The highest BCUT2D eigenvalue weighted by Crippen LogP contribution is 2.66. The van der Waals surface area contributed by atoms with E-state index in [1.807, 2.05) is 30.3 Å². The number of fused-ring (bicyclic) bond motifs is 3. The van der Waals surface area contributed by atoms with Gasteiger partial charge in [-0.1, -0.05) is 75.2 Å². The maximum Gasteiger partial charge on any atom is 0.238 e. The van der Waals surface area contributed by atoms with Crippen molar-refractivity contribution in [3.8, 4) is 11.3 Å². The Hall–Kier alpha value is -2.97. The van der Waals surface area contributed by atoms with Crippen LogP contribution in [0.2, 0.25) is 0 Å². The fourth-order valence-corrected chi connectivity index (χ4v) is 9.94. The van der Waals surface area contributed by atoms with Crippen LogP contribution in [0, 0.1) is 16.7 Å². The quantitative estimate of drug-likeness (QED) is 0.171. The zero-order valence-corrected chi connectivity index (χ0v) is 26.7. The summed E-state index contributed by atoms with van der Waals surface area (Å²) in [7, 11) is -3.69. The fourth-order valence-electron chi connectivity index (χ4n) is 7.81. The maximum absolute atomic E-state index is 13.6. The number of Topliss-reactive ketones (excluding diaryl/α,β-unsaturated/α-hetero) is 1. The molecule has 0 aliphatic heterocycles. The van der Waals surface area contributed by atoms with Crippen molar-refractivity contribution in [3.63, 3.8) is 0 Å². The minimum atomic E-state index is -3.69. The Bertz CT molecular complexity index is 1540. The first-order valence-electron chi connectivity index (χ1n) is 15.9. The summed E-state index contributed by atoms with van der Waals surface area (Å²) in [5.41, 5.74) is 4.05. The van der Waals surface area contributed by atoms with Crippen molar-refractivity contribution in [3.05, 3.63) is 60.2 Å². The monoisotopic (exact) mass is 605 g/mol. The molecule has 2 aliphatic rings. The minimum Gasteiger partial charge on any atom is -0.354 e. The first-order chi connectivity index (χ1) is 20.5. The molecule has 1 heterocycles. The number of ketones is 1. The number of hydrogen-bond acceptors (Lipinski definition) is 4. The number of para-hydroxylation sites is 1. The smallest absolute Gasteiger partial charge is 0.238 e. The number of carbonyl (C=O) groups is 2. The van der Waals surface area contributed by atoms with Crippen LogP contribution in [0.25, 0.3) is 22.2 Å². The second-order valence-electron chi connectivity index (χ2n) is 13.4. The van der Waals surface area contributed by atoms with E-state index in [4.69, 9.17) is 0 Å². The van der Waals surface area contributed by atoms with Gasteiger partial charge in [0.05, 0.1) is 5.75 Å². The summed E-state index contributed by atoms with van der Waals surface area (Å²) in [5.74, 6) is 0.514. The highest BCUT2D eigenvalue weighted by Gasteiger charge is 2.60. The molecule has 5 rings (SSSR count). The number of rotatable bonds is 15. The van der Waals surface area contributed by atoms with Gasteiger partial charge in [0.2, 0.25) is 15.9 Å². The normalized spacial score (nSPS) is 21.7. The molecule has 3 aromatic rings. The Kier molecular flexibility index (Phi) is 9.47. The van der Waals surface area contributed by atoms with Crippen molar-refractivity contribution in [1.82, 2.24) is 15.0 Å². The van der Waals surface area contributed by atoms with E-state index in [9.17, 15) is 18.0 Å². The third kappa shape index (κ3) is 6.91. The molecule has 2 aliphatic carbocycles. The number of sulfonamides is 1. The summed E-state index contributed by atoms with van der Waals surface area (Å²) in [6, 6.07) is 17.5. The molecule has 1 aromatic heterocycles. The standard InChI is InChI=1S/C35H47N3O4S/c1-25(39)12-6-4-9-17-31(38-43(41,42)24-35-21-18-27(19-22-35)34(35,2)3)33(40)36-23-20-29-28-15-10-11-16-30(28)37-32(29)26-13-7-5-8-14-26/h5,7-8,10-11,13-16,27,31,37-38H,4,6,9,12,17-24H2,1-3H3,(H,36,40)/t27?,31-,35?/m0/s1. The van der Waals surface area contributed by atoms with Crippen molar-refractivity contribution < 1.29 is 18.0 Å². The van der Waals surface area contributed by atoms with Gasteiger partial charge in [-0.15, -0.1) is 0 Å².